The van der Waals surface area contributed by atoms with Gasteiger partial charge < -0.3 is 14.5 Å². The van der Waals surface area contributed by atoms with Crippen molar-refractivity contribution in [1.82, 2.24) is 19.5 Å². The summed E-state index contributed by atoms with van der Waals surface area (Å²) >= 11 is 6.01. The summed E-state index contributed by atoms with van der Waals surface area (Å²) in [7, 11) is -3.84. The number of carbonyl (C=O) groups excluding carboxylic acids is 1. The Morgan fingerprint density at radius 3 is 2.63 bits per heavy atom. The van der Waals surface area contributed by atoms with Crippen LogP contribution in [0, 0.1) is 13.8 Å². The molecule has 11 nitrogen and oxygen atoms in total. The lowest BCUT2D eigenvalue weighted by Gasteiger charge is -2.22. The smallest absolute Gasteiger partial charge is 0.285 e. The molecule has 1 fully saturated rings. The Hall–Kier alpha value is -3.74. The first-order chi connectivity index (χ1) is 19.4. The minimum Gasteiger partial charge on any atom is -0.455 e. The number of pyridine rings is 1. The molecule has 0 bridgehead atoms. The van der Waals surface area contributed by atoms with Crippen LogP contribution in [0.3, 0.4) is 0 Å². The van der Waals surface area contributed by atoms with Gasteiger partial charge in [-0.1, -0.05) is 17.7 Å². The Kier molecular flexibility index (Phi) is 7.91. The maximum Gasteiger partial charge on any atom is 0.285 e. The minimum atomic E-state index is -3.84. The van der Waals surface area contributed by atoms with E-state index in [1.54, 1.807) is 19.2 Å². The normalized spacial score (nSPS) is 15.1. The molecule has 2 N–H and O–H groups in total. The number of amides is 1. The summed E-state index contributed by atoms with van der Waals surface area (Å²) in [5.41, 5.74) is 2.99. The van der Waals surface area contributed by atoms with Crippen LogP contribution in [0.15, 0.2) is 45.9 Å². The second-order valence-corrected chi connectivity index (χ2v) is 12.4. The number of rotatable bonds is 7. The van der Waals surface area contributed by atoms with Gasteiger partial charge in [0, 0.05) is 30.5 Å². The number of nitrogens with one attached hydrogen (secondary N) is 2. The summed E-state index contributed by atoms with van der Waals surface area (Å²) in [4.78, 5) is 30.3. The molecule has 0 radical (unpaired) electrons. The number of halogens is 1. The van der Waals surface area contributed by atoms with Crippen molar-refractivity contribution in [1.29, 1.82) is 0 Å². The van der Waals surface area contributed by atoms with E-state index in [-0.39, 0.29) is 28.0 Å². The highest BCUT2D eigenvalue weighted by Gasteiger charge is 2.24. The van der Waals surface area contributed by atoms with Crippen LogP contribution in [0.25, 0.3) is 22.3 Å². The van der Waals surface area contributed by atoms with Crippen LogP contribution in [0.4, 0.5) is 5.69 Å². The zero-order valence-electron chi connectivity index (χ0n) is 23.0. The fraction of sp³-hybridized carbons (Fsp3) is 0.357. The van der Waals surface area contributed by atoms with E-state index in [0.29, 0.717) is 46.6 Å². The van der Waals surface area contributed by atoms with Crippen molar-refractivity contribution >= 4 is 44.2 Å². The van der Waals surface area contributed by atoms with Gasteiger partial charge in [0.1, 0.15) is 16.5 Å². The molecule has 1 amide bonds. The number of ether oxygens (including phenoxy) is 1. The number of nitrogens with zero attached hydrogens (tertiary/aromatic N) is 3. The van der Waals surface area contributed by atoms with Crippen LogP contribution in [-0.2, 0) is 14.8 Å². The van der Waals surface area contributed by atoms with E-state index in [2.05, 4.69) is 15.4 Å². The average Bonchev–Trinajstić information content (AvgIpc) is 3.41. The Bertz CT molecular complexity index is 1810. The Morgan fingerprint density at radius 2 is 1.93 bits per heavy atom. The number of carbonyl (C=O) groups is 1. The fourth-order valence-electron chi connectivity index (χ4n) is 5.02. The lowest BCUT2D eigenvalue weighted by atomic mass is 9.99. The SMILES string of the molecule is Cc1cc(C(C)Nc2ccc(Cl)nc2C(=O)NS(C)(=O)=O)c2oc(-c3cnn(C4CCOCC4)c3)c(C)c(=O)c2c1. The van der Waals surface area contributed by atoms with Crippen molar-refractivity contribution < 1.29 is 22.4 Å². The number of hydrogen-bond acceptors (Lipinski definition) is 9. The van der Waals surface area contributed by atoms with Gasteiger partial charge in [0.15, 0.2) is 11.1 Å². The number of fused-ring (bicyclic) bond motifs is 1. The Balaban J connectivity index is 1.56. The number of benzene rings is 1. The average molecular weight is 600 g/mol. The third kappa shape index (κ3) is 6.14. The summed E-state index contributed by atoms with van der Waals surface area (Å²) in [6.07, 6.45) is 6.19. The molecule has 1 saturated heterocycles. The molecule has 5 rings (SSSR count). The minimum absolute atomic E-state index is 0.0234. The van der Waals surface area contributed by atoms with Crippen LogP contribution in [0.5, 0.6) is 0 Å². The van der Waals surface area contributed by atoms with Crippen LogP contribution in [0.1, 0.15) is 59.0 Å². The maximum atomic E-state index is 13.6. The molecular weight excluding hydrogens is 570 g/mol. The molecule has 1 aromatic carbocycles. The quantitative estimate of drug-likeness (QED) is 0.292. The molecule has 4 aromatic rings. The lowest BCUT2D eigenvalue weighted by Crippen LogP contribution is -2.31. The van der Waals surface area contributed by atoms with Gasteiger partial charge in [-0.3, -0.25) is 14.3 Å². The lowest BCUT2D eigenvalue weighted by molar-refractivity contribution is 0.0662. The van der Waals surface area contributed by atoms with Crippen LogP contribution in [0.2, 0.25) is 5.15 Å². The zero-order valence-corrected chi connectivity index (χ0v) is 24.6. The second kappa shape index (κ2) is 11.3. The van der Waals surface area contributed by atoms with E-state index in [9.17, 15) is 18.0 Å². The predicted octanol–water partition coefficient (Wildman–Crippen LogP) is 4.54. The highest BCUT2D eigenvalue weighted by atomic mass is 35.5. The molecule has 1 unspecified atom stereocenters. The molecule has 216 valence electrons. The number of aromatic nitrogens is 3. The van der Waals surface area contributed by atoms with Gasteiger partial charge in [-0.15, -0.1) is 0 Å². The highest BCUT2D eigenvalue weighted by Crippen LogP contribution is 2.33. The topological polar surface area (TPSA) is 145 Å². The molecule has 13 heteroatoms. The fourth-order valence-corrected chi connectivity index (χ4v) is 5.60. The zero-order chi connectivity index (χ0) is 29.5. The first kappa shape index (κ1) is 28.8. The molecule has 1 aliphatic rings. The van der Waals surface area contributed by atoms with Crippen molar-refractivity contribution in [2.75, 3.05) is 24.8 Å². The van der Waals surface area contributed by atoms with Gasteiger partial charge >= 0.3 is 0 Å². The number of aryl methyl sites for hydroxylation is 1. The van der Waals surface area contributed by atoms with E-state index in [0.717, 1.165) is 24.7 Å². The van der Waals surface area contributed by atoms with Crippen molar-refractivity contribution in [2.24, 2.45) is 0 Å². The van der Waals surface area contributed by atoms with Crippen LogP contribution in [-0.4, -0.2) is 48.6 Å². The van der Waals surface area contributed by atoms with E-state index in [1.807, 2.05) is 35.5 Å². The molecule has 1 atom stereocenters. The largest absolute Gasteiger partial charge is 0.455 e. The Labute approximate surface area is 241 Å². The summed E-state index contributed by atoms with van der Waals surface area (Å²) in [5.74, 6) is -0.496. The van der Waals surface area contributed by atoms with Crippen molar-refractivity contribution in [2.45, 2.75) is 45.7 Å². The molecule has 0 saturated carbocycles. The van der Waals surface area contributed by atoms with E-state index in [4.69, 9.17) is 20.8 Å². The first-order valence-electron chi connectivity index (χ1n) is 13.1. The maximum absolute atomic E-state index is 13.6. The van der Waals surface area contributed by atoms with Crippen LogP contribution >= 0.6 is 11.6 Å². The second-order valence-electron chi connectivity index (χ2n) is 10.3. The van der Waals surface area contributed by atoms with Gasteiger partial charge in [0.05, 0.1) is 41.2 Å². The molecule has 0 aliphatic carbocycles. The third-order valence-corrected chi connectivity index (χ3v) is 7.78. The van der Waals surface area contributed by atoms with E-state index >= 15 is 0 Å². The molecule has 1 aliphatic heterocycles. The Morgan fingerprint density at radius 1 is 1.20 bits per heavy atom. The number of anilines is 1. The summed E-state index contributed by atoms with van der Waals surface area (Å²) in [5, 5.41) is 8.21. The standard InChI is InChI=1S/C28H30ClN5O6S/c1-15-11-20(17(3)31-22-5-6-23(29)32-24(22)28(36)33-41(4,37)38)27-21(12-15)25(35)16(2)26(40-27)18-13-30-34(14-18)19-7-9-39-10-8-19/h5-6,11-14,17,19,31H,7-10H2,1-4H3,(H,33,36). The summed E-state index contributed by atoms with van der Waals surface area (Å²) < 4.78 is 39.1. The van der Waals surface area contributed by atoms with E-state index in [1.165, 1.54) is 12.1 Å². The predicted molar refractivity (Wildman–Crippen MR) is 156 cm³/mol. The molecule has 41 heavy (non-hydrogen) atoms. The molecule has 0 spiro atoms. The van der Waals surface area contributed by atoms with E-state index < -0.39 is 22.0 Å². The third-order valence-electron chi connectivity index (χ3n) is 7.01. The summed E-state index contributed by atoms with van der Waals surface area (Å²) in [6, 6.07) is 6.43. The highest BCUT2D eigenvalue weighted by molar-refractivity contribution is 7.89. The molecule has 3 aromatic heterocycles. The van der Waals surface area contributed by atoms with Crippen molar-refractivity contribution in [3.05, 3.63) is 74.4 Å². The van der Waals surface area contributed by atoms with Gasteiger partial charge in [0.25, 0.3) is 5.91 Å². The van der Waals surface area contributed by atoms with Crippen LogP contribution < -0.4 is 15.5 Å². The summed E-state index contributed by atoms with van der Waals surface area (Å²) in [6.45, 7) is 6.81. The van der Waals surface area contributed by atoms with Gasteiger partial charge in [-0.2, -0.15) is 5.10 Å². The first-order valence-corrected chi connectivity index (χ1v) is 15.3. The van der Waals surface area contributed by atoms with Gasteiger partial charge in [0.2, 0.25) is 10.0 Å². The van der Waals surface area contributed by atoms with Gasteiger partial charge in [-0.25, -0.2) is 18.1 Å². The van der Waals surface area contributed by atoms with Gasteiger partial charge in [-0.05, 0) is 57.4 Å². The monoisotopic (exact) mass is 599 g/mol. The van der Waals surface area contributed by atoms with Crippen molar-refractivity contribution in [3.63, 3.8) is 0 Å². The van der Waals surface area contributed by atoms with Crippen molar-refractivity contribution in [3.8, 4) is 11.3 Å². The number of hydrogen-bond donors (Lipinski definition) is 2. The molecule has 4 heterocycles. The molecular formula is C28H30ClN5O6S. The number of sulfonamides is 1.